The van der Waals surface area contributed by atoms with Gasteiger partial charge in [-0.1, -0.05) is 58.4 Å². The average Bonchev–Trinajstić information content (AvgIpc) is 2.04. The number of benzene rings is 1. The topological polar surface area (TPSA) is 0 Å². The molecule has 0 amide bonds. The molecule has 0 aliphatic rings. The van der Waals surface area contributed by atoms with Crippen LogP contribution in [0.4, 0.5) is 0 Å². The van der Waals surface area contributed by atoms with Crippen LogP contribution in [0, 0.1) is 0 Å². The summed E-state index contributed by atoms with van der Waals surface area (Å²) in [7, 11) is 0. The van der Waals surface area contributed by atoms with E-state index in [0.29, 0.717) is 0 Å². The Balaban J connectivity index is 3.05. The predicted molar refractivity (Wildman–Crippen MR) is 59.1 cm³/mol. The Labute approximate surface area is 82.0 Å². The van der Waals surface area contributed by atoms with Gasteiger partial charge < -0.3 is 0 Å². The fraction of sp³-hybridized carbons (Fsp3) is 0.538. The molecule has 0 saturated carbocycles. The van der Waals surface area contributed by atoms with Gasteiger partial charge in [0.05, 0.1) is 0 Å². The molecule has 0 nitrogen and oxygen atoms in total. The zero-order valence-electron chi connectivity index (χ0n) is 9.22. The Morgan fingerprint density at radius 2 is 1.69 bits per heavy atom. The van der Waals surface area contributed by atoms with Gasteiger partial charge >= 0.3 is 0 Å². The second-order valence-electron chi connectivity index (χ2n) is 4.66. The number of rotatable bonds is 2. The molecule has 0 atom stereocenters. The van der Waals surface area contributed by atoms with E-state index in [4.69, 9.17) is 0 Å². The fourth-order valence-electron chi connectivity index (χ4n) is 1.74. The molecule has 0 bridgehead atoms. The predicted octanol–water partition coefficient (Wildman–Crippen LogP) is 3.94. The minimum atomic E-state index is 0.283. The van der Waals surface area contributed by atoms with Crippen LogP contribution in [-0.4, -0.2) is 0 Å². The highest BCUT2D eigenvalue weighted by Gasteiger charge is 2.16. The summed E-state index contributed by atoms with van der Waals surface area (Å²) in [5, 5.41) is 0. The van der Waals surface area contributed by atoms with Crippen molar-refractivity contribution in [1.82, 2.24) is 0 Å². The van der Waals surface area contributed by atoms with Crippen molar-refractivity contribution < 1.29 is 0 Å². The lowest BCUT2D eigenvalue weighted by Gasteiger charge is -2.22. The molecule has 0 aliphatic heterocycles. The largest absolute Gasteiger partial charge is 0.0651 e. The van der Waals surface area contributed by atoms with Crippen LogP contribution in [0.5, 0.6) is 0 Å². The summed E-state index contributed by atoms with van der Waals surface area (Å²) in [6.45, 7) is 9.07. The van der Waals surface area contributed by atoms with E-state index >= 15 is 0 Å². The Kier molecular flexibility index (Phi) is 3.13. The first kappa shape index (κ1) is 10.3. The fourth-order valence-corrected chi connectivity index (χ4v) is 1.74. The summed E-state index contributed by atoms with van der Waals surface area (Å²) in [6.07, 6.45) is 2.43. The summed E-state index contributed by atoms with van der Waals surface area (Å²) >= 11 is 0. The van der Waals surface area contributed by atoms with Gasteiger partial charge in [-0.25, -0.2) is 0 Å². The van der Waals surface area contributed by atoms with E-state index in [1.165, 1.54) is 24.0 Å². The molecule has 0 fully saturated rings. The van der Waals surface area contributed by atoms with E-state index in [2.05, 4.69) is 52.0 Å². The van der Waals surface area contributed by atoms with Crippen LogP contribution in [0.3, 0.4) is 0 Å². The summed E-state index contributed by atoms with van der Waals surface area (Å²) in [5.74, 6) is 0. The average molecular weight is 176 g/mol. The molecular weight excluding hydrogens is 156 g/mol. The molecule has 1 aromatic carbocycles. The summed E-state index contributed by atoms with van der Waals surface area (Å²) in [5.41, 5.74) is 3.29. The van der Waals surface area contributed by atoms with Gasteiger partial charge in [0.15, 0.2) is 0 Å². The van der Waals surface area contributed by atoms with Crippen LogP contribution < -0.4 is 0 Å². The van der Waals surface area contributed by atoms with Crippen LogP contribution in [0.15, 0.2) is 24.3 Å². The highest BCUT2D eigenvalue weighted by molar-refractivity contribution is 5.32. The second kappa shape index (κ2) is 3.95. The number of aryl methyl sites for hydroxylation is 1. The van der Waals surface area contributed by atoms with E-state index in [0.717, 1.165) is 0 Å². The molecule has 0 spiro atoms. The Bertz CT molecular complexity index is 266. The Morgan fingerprint density at radius 1 is 1.08 bits per heavy atom. The first-order valence-corrected chi connectivity index (χ1v) is 5.14. The maximum absolute atomic E-state index is 2.28. The quantitative estimate of drug-likeness (QED) is 0.640. The van der Waals surface area contributed by atoms with Crippen LogP contribution in [0.2, 0.25) is 0 Å². The van der Waals surface area contributed by atoms with Crippen molar-refractivity contribution in [1.29, 1.82) is 0 Å². The number of hydrogen-bond acceptors (Lipinski definition) is 0. The molecule has 0 heteroatoms. The van der Waals surface area contributed by atoms with Crippen molar-refractivity contribution in [3.63, 3.8) is 0 Å². The van der Waals surface area contributed by atoms with Gasteiger partial charge in [0.2, 0.25) is 0 Å². The highest BCUT2D eigenvalue weighted by Crippen LogP contribution is 2.26. The molecule has 0 N–H and O–H groups in total. The van der Waals surface area contributed by atoms with Gasteiger partial charge in [0.25, 0.3) is 0 Å². The SMILES string of the molecule is CCCc1ccccc1C(C)(C)C. The minimum Gasteiger partial charge on any atom is -0.0651 e. The highest BCUT2D eigenvalue weighted by atomic mass is 14.2. The van der Waals surface area contributed by atoms with Crippen molar-refractivity contribution >= 4 is 0 Å². The van der Waals surface area contributed by atoms with Crippen molar-refractivity contribution in [2.24, 2.45) is 0 Å². The molecule has 0 saturated heterocycles. The normalized spacial score (nSPS) is 11.7. The zero-order chi connectivity index (χ0) is 9.90. The van der Waals surface area contributed by atoms with Gasteiger partial charge in [-0.15, -0.1) is 0 Å². The zero-order valence-corrected chi connectivity index (χ0v) is 9.22. The number of hydrogen-bond donors (Lipinski definition) is 0. The molecule has 0 heterocycles. The van der Waals surface area contributed by atoms with Gasteiger partial charge in [0.1, 0.15) is 0 Å². The van der Waals surface area contributed by atoms with E-state index in [-0.39, 0.29) is 5.41 Å². The van der Waals surface area contributed by atoms with Gasteiger partial charge in [0, 0.05) is 0 Å². The monoisotopic (exact) mass is 176 g/mol. The maximum Gasteiger partial charge on any atom is -0.0129 e. The van der Waals surface area contributed by atoms with Gasteiger partial charge in [-0.2, -0.15) is 0 Å². The molecule has 0 aliphatic carbocycles. The summed E-state index contributed by atoms with van der Waals surface area (Å²) < 4.78 is 0. The molecule has 0 radical (unpaired) electrons. The third kappa shape index (κ3) is 2.58. The van der Waals surface area contributed by atoms with Crippen molar-refractivity contribution in [2.45, 2.75) is 46.0 Å². The van der Waals surface area contributed by atoms with E-state index in [1.807, 2.05) is 0 Å². The molecule has 1 aromatic rings. The van der Waals surface area contributed by atoms with Crippen molar-refractivity contribution in [2.75, 3.05) is 0 Å². The Hall–Kier alpha value is -0.780. The van der Waals surface area contributed by atoms with E-state index in [9.17, 15) is 0 Å². The molecule has 1 rings (SSSR count). The van der Waals surface area contributed by atoms with E-state index in [1.54, 1.807) is 0 Å². The molecule has 13 heavy (non-hydrogen) atoms. The molecule has 0 aromatic heterocycles. The Morgan fingerprint density at radius 3 is 2.23 bits per heavy atom. The standard InChI is InChI=1S/C13H20/c1-5-8-11-9-6-7-10-12(11)13(2,3)4/h6-7,9-10H,5,8H2,1-4H3. The minimum absolute atomic E-state index is 0.283. The van der Waals surface area contributed by atoms with Gasteiger partial charge in [-0.3, -0.25) is 0 Å². The smallest absolute Gasteiger partial charge is 0.0129 e. The first-order valence-electron chi connectivity index (χ1n) is 5.14. The molecule has 0 unspecified atom stereocenters. The summed E-state index contributed by atoms with van der Waals surface area (Å²) in [6, 6.07) is 8.79. The van der Waals surface area contributed by atoms with Crippen molar-refractivity contribution in [3.8, 4) is 0 Å². The third-order valence-electron chi connectivity index (χ3n) is 2.34. The van der Waals surface area contributed by atoms with Crippen LogP contribution in [0.25, 0.3) is 0 Å². The lowest BCUT2D eigenvalue weighted by atomic mass is 9.83. The summed E-state index contributed by atoms with van der Waals surface area (Å²) in [4.78, 5) is 0. The van der Waals surface area contributed by atoms with Crippen molar-refractivity contribution in [3.05, 3.63) is 35.4 Å². The molecule has 72 valence electrons. The first-order chi connectivity index (χ1) is 6.05. The second-order valence-corrected chi connectivity index (χ2v) is 4.66. The third-order valence-corrected chi connectivity index (χ3v) is 2.34. The maximum atomic E-state index is 2.28. The lowest BCUT2D eigenvalue weighted by Crippen LogP contribution is -2.13. The van der Waals surface area contributed by atoms with Gasteiger partial charge in [-0.05, 0) is 23.0 Å². The van der Waals surface area contributed by atoms with Crippen LogP contribution >= 0.6 is 0 Å². The van der Waals surface area contributed by atoms with Crippen LogP contribution in [-0.2, 0) is 11.8 Å². The lowest BCUT2D eigenvalue weighted by molar-refractivity contribution is 0.581. The van der Waals surface area contributed by atoms with E-state index < -0.39 is 0 Å². The van der Waals surface area contributed by atoms with Crippen LogP contribution in [0.1, 0.15) is 45.2 Å². The molecular formula is C13H20.